The third-order valence-electron chi connectivity index (χ3n) is 5.36. The number of carbonyl (C=O) groups excluding carboxylic acids is 1. The molecule has 9 heteroatoms. The molecule has 0 aliphatic carbocycles. The maximum Gasteiger partial charge on any atom is 0.290 e. The Labute approximate surface area is 185 Å². The van der Waals surface area contributed by atoms with Crippen LogP contribution in [0.2, 0.25) is 0 Å². The van der Waals surface area contributed by atoms with Crippen LogP contribution in [0, 0.1) is 0 Å². The van der Waals surface area contributed by atoms with Crippen LogP contribution in [-0.4, -0.2) is 47.3 Å². The predicted molar refractivity (Wildman–Crippen MR) is 119 cm³/mol. The van der Waals surface area contributed by atoms with E-state index in [2.05, 4.69) is 20.4 Å². The lowest BCUT2D eigenvalue weighted by Crippen LogP contribution is -2.38. The highest BCUT2D eigenvalue weighted by molar-refractivity contribution is 5.91. The van der Waals surface area contributed by atoms with Crippen LogP contribution in [0.4, 0.5) is 5.95 Å². The topological polar surface area (TPSA) is 113 Å². The summed E-state index contributed by atoms with van der Waals surface area (Å²) >= 11 is 0. The van der Waals surface area contributed by atoms with Crippen molar-refractivity contribution in [2.75, 3.05) is 31.2 Å². The molecule has 32 heavy (non-hydrogen) atoms. The van der Waals surface area contributed by atoms with Gasteiger partial charge in [-0.25, -0.2) is 4.98 Å². The number of hydrogen-bond donors (Lipinski definition) is 2. The van der Waals surface area contributed by atoms with Gasteiger partial charge in [-0.05, 0) is 11.5 Å². The number of H-pyrrole nitrogens is 1. The average Bonchev–Trinajstić information content (AvgIpc) is 3.30. The quantitative estimate of drug-likeness (QED) is 0.584. The minimum absolute atomic E-state index is 0.155. The molecule has 0 bridgehead atoms. The minimum Gasteiger partial charge on any atom is -0.378 e. The monoisotopic (exact) mass is 437 g/mol. The first kappa shape index (κ1) is 21.8. The van der Waals surface area contributed by atoms with Crippen molar-refractivity contribution in [3.05, 3.63) is 75.5 Å². The van der Waals surface area contributed by atoms with Crippen LogP contribution < -0.4 is 15.8 Å². The maximum absolute atomic E-state index is 12.9. The van der Waals surface area contributed by atoms with E-state index in [-0.39, 0.29) is 23.1 Å². The van der Waals surface area contributed by atoms with Crippen LogP contribution in [0.1, 0.15) is 53.3 Å². The number of amides is 1. The first-order valence-electron chi connectivity index (χ1n) is 10.7. The molecule has 1 fully saturated rings. The Hall–Kier alpha value is -3.46. The summed E-state index contributed by atoms with van der Waals surface area (Å²) in [5.41, 5.74) is 1.98. The van der Waals surface area contributed by atoms with Gasteiger partial charge >= 0.3 is 0 Å². The van der Waals surface area contributed by atoms with Crippen LogP contribution in [-0.2, 0) is 11.2 Å². The van der Waals surface area contributed by atoms with Gasteiger partial charge in [-0.15, -0.1) is 0 Å². The molecule has 9 nitrogen and oxygen atoms in total. The van der Waals surface area contributed by atoms with E-state index in [4.69, 9.17) is 9.26 Å². The molecular weight excluding hydrogens is 410 g/mol. The first-order valence-corrected chi connectivity index (χ1v) is 10.7. The Kier molecular flexibility index (Phi) is 6.65. The Balaban J connectivity index is 1.58. The van der Waals surface area contributed by atoms with Crippen molar-refractivity contribution >= 4 is 11.9 Å². The molecule has 0 saturated carbocycles. The number of aromatic nitrogens is 3. The van der Waals surface area contributed by atoms with E-state index in [0.717, 1.165) is 11.3 Å². The standard InChI is InChI=1S/C23H27N5O4/c1-15(2)18-14-20(32-27-18)22(30)25-19(16-6-4-3-5-7-16)12-17-13-21(29)26-23(24-17)28-8-10-31-11-9-28/h3-7,13-15,19H,8-12H2,1-2H3,(H,25,30)(H,24,26,29)/t19-/m1/s1. The zero-order valence-electron chi connectivity index (χ0n) is 18.2. The second kappa shape index (κ2) is 9.78. The summed E-state index contributed by atoms with van der Waals surface area (Å²) in [5, 5.41) is 6.98. The Bertz CT molecular complexity index is 1100. The number of rotatable bonds is 7. The van der Waals surface area contributed by atoms with E-state index >= 15 is 0 Å². The number of carbonyl (C=O) groups is 1. The van der Waals surface area contributed by atoms with Crippen LogP contribution in [0.15, 0.2) is 51.8 Å². The van der Waals surface area contributed by atoms with Crippen molar-refractivity contribution in [2.24, 2.45) is 0 Å². The van der Waals surface area contributed by atoms with E-state index in [1.807, 2.05) is 49.1 Å². The van der Waals surface area contributed by atoms with Gasteiger partial charge in [0.15, 0.2) is 0 Å². The van der Waals surface area contributed by atoms with Crippen LogP contribution in [0.3, 0.4) is 0 Å². The summed E-state index contributed by atoms with van der Waals surface area (Å²) in [6.45, 7) is 6.47. The van der Waals surface area contributed by atoms with Gasteiger partial charge in [0.1, 0.15) is 0 Å². The van der Waals surface area contributed by atoms with Gasteiger partial charge in [-0.1, -0.05) is 49.3 Å². The number of morpholine rings is 1. The molecule has 168 valence electrons. The van der Waals surface area contributed by atoms with Gasteiger partial charge in [0.2, 0.25) is 11.7 Å². The van der Waals surface area contributed by atoms with Crippen molar-refractivity contribution in [3.8, 4) is 0 Å². The van der Waals surface area contributed by atoms with Crippen molar-refractivity contribution < 1.29 is 14.1 Å². The molecule has 1 aliphatic rings. The number of nitrogens with zero attached hydrogens (tertiary/aromatic N) is 3. The Morgan fingerprint density at radius 2 is 1.94 bits per heavy atom. The van der Waals surface area contributed by atoms with E-state index in [1.54, 1.807) is 6.07 Å². The van der Waals surface area contributed by atoms with Crippen molar-refractivity contribution in [1.82, 2.24) is 20.4 Å². The molecule has 0 spiro atoms. The van der Waals surface area contributed by atoms with Crippen molar-refractivity contribution in [3.63, 3.8) is 0 Å². The van der Waals surface area contributed by atoms with Gasteiger partial charge in [-0.2, -0.15) is 0 Å². The summed E-state index contributed by atoms with van der Waals surface area (Å²) in [7, 11) is 0. The number of benzene rings is 1. The predicted octanol–water partition coefficient (Wildman–Crippen LogP) is 2.43. The largest absolute Gasteiger partial charge is 0.378 e. The first-order chi connectivity index (χ1) is 15.5. The molecule has 1 aromatic carbocycles. The lowest BCUT2D eigenvalue weighted by molar-refractivity contribution is 0.0898. The molecule has 4 rings (SSSR count). The fraction of sp³-hybridized carbons (Fsp3) is 0.391. The second-order valence-electron chi connectivity index (χ2n) is 8.07. The molecule has 1 amide bonds. The summed E-state index contributed by atoms with van der Waals surface area (Å²) in [6, 6.07) is 12.3. The van der Waals surface area contributed by atoms with Gasteiger partial charge < -0.3 is 19.5 Å². The summed E-state index contributed by atoms with van der Waals surface area (Å²) < 4.78 is 10.6. The van der Waals surface area contributed by atoms with E-state index in [1.165, 1.54) is 6.07 Å². The molecule has 3 heterocycles. The van der Waals surface area contributed by atoms with E-state index in [9.17, 15) is 9.59 Å². The fourth-order valence-corrected chi connectivity index (χ4v) is 3.57. The van der Waals surface area contributed by atoms with Crippen molar-refractivity contribution in [2.45, 2.75) is 32.2 Å². The van der Waals surface area contributed by atoms with Crippen molar-refractivity contribution in [1.29, 1.82) is 0 Å². The maximum atomic E-state index is 12.9. The molecule has 1 aliphatic heterocycles. The number of hydrogen-bond acceptors (Lipinski definition) is 7. The minimum atomic E-state index is -0.400. The highest BCUT2D eigenvalue weighted by Crippen LogP contribution is 2.20. The molecular formula is C23H27N5O4. The summed E-state index contributed by atoms with van der Waals surface area (Å²) in [5.74, 6) is 0.467. The molecule has 0 unspecified atom stereocenters. The smallest absolute Gasteiger partial charge is 0.290 e. The van der Waals surface area contributed by atoms with Crippen LogP contribution in [0.25, 0.3) is 0 Å². The second-order valence-corrected chi connectivity index (χ2v) is 8.07. The molecule has 1 atom stereocenters. The summed E-state index contributed by atoms with van der Waals surface area (Å²) in [6.07, 6.45) is 0.349. The third kappa shape index (κ3) is 5.23. The van der Waals surface area contributed by atoms with E-state index < -0.39 is 6.04 Å². The molecule has 3 aromatic rings. The van der Waals surface area contributed by atoms with E-state index in [0.29, 0.717) is 44.4 Å². The van der Waals surface area contributed by atoms with Crippen LogP contribution >= 0.6 is 0 Å². The highest BCUT2D eigenvalue weighted by Gasteiger charge is 2.22. The zero-order chi connectivity index (χ0) is 22.5. The Morgan fingerprint density at radius 3 is 2.62 bits per heavy atom. The van der Waals surface area contributed by atoms with Crippen LogP contribution in [0.5, 0.6) is 0 Å². The Morgan fingerprint density at radius 1 is 1.19 bits per heavy atom. The van der Waals surface area contributed by atoms with Gasteiger partial charge in [0, 0.05) is 31.6 Å². The van der Waals surface area contributed by atoms with Gasteiger partial charge in [0.05, 0.1) is 30.6 Å². The number of ether oxygens (including phenoxy) is 1. The van der Waals surface area contributed by atoms with Gasteiger partial charge in [-0.3, -0.25) is 14.6 Å². The number of anilines is 1. The zero-order valence-corrected chi connectivity index (χ0v) is 18.2. The third-order valence-corrected chi connectivity index (χ3v) is 5.36. The SMILES string of the molecule is CC(C)c1cc(C(=O)N[C@H](Cc2cc(=O)[nH]c(N3CCOCC3)n2)c2ccccc2)on1. The molecule has 0 radical (unpaired) electrons. The normalized spacial score (nSPS) is 15.0. The lowest BCUT2D eigenvalue weighted by atomic mass is 10.0. The summed E-state index contributed by atoms with van der Waals surface area (Å²) in [4.78, 5) is 34.7. The molecule has 2 N–H and O–H groups in total. The number of aromatic amines is 1. The molecule has 1 saturated heterocycles. The lowest BCUT2D eigenvalue weighted by Gasteiger charge is -2.27. The fourth-order valence-electron chi connectivity index (χ4n) is 3.57. The highest BCUT2D eigenvalue weighted by atomic mass is 16.5. The van der Waals surface area contributed by atoms with Gasteiger partial charge in [0.25, 0.3) is 11.5 Å². The average molecular weight is 438 g/mol. The number of nitrogens with one attached hydrogen (secondary N) is 2. The molecule has 2 aromatic heterocycles.